The zero-order valence-corrected chi connectivity index (χ0v) is 13.8. The van der Waals surface area contributed by atoms with Crippen molar-refractivity contribution < 1.29 is 9.59 Å². The number of amides is 2. The summed E-state index contributed by atoms with van der Waals surface area (Å²) in [6, 6.07) is 2.39. The number of likely N-dealkylation sites (N-methyl/N-ethyl adjacent to an activating group) is 1. The Bertz CT molecular complexity index is 551. The molecule has 6 heteroatoms. The van der Waals surface area contributed by atoms with Gasteiger partial charge in [0.1, 0.15) is 0 Å². The summed E-state index contributed by atoms with van der Waals surface area (Å²) in [5.74, 6) is 0.179. The van der Waals surface area contributed by atoms with E-state index in [1.165, 1.54) is 10.4 Å². The lowest BCUT2D eigenvalue weighted by atomic mass is 10.1. The molecule has 1 saturated heterocycles. The van der Waals surface area contributed by atoms with Crippen LogP contribution in [0.3, 0.4) is 0 Å². The highest BCUT2D eigenvalue weighted by atomic mass is 32.1. The SMILES string of the molecule is CN(C(=O)CCC(=O)N1CCc2sccc2C1)C1CCNC1. The molecule has 5 nitrogen and oxygen atoms in total. The lowest BCUT2D eigenvalue weighted by Crippen LogP contribution is -2.40. The highest BCUT2D eigenvalue weighted by Crippen LogP contribution is 2.24. The van der Waals surface area contributed by atoms with Gasteiger partial charge in [-0.25, -0.2) is 0 Å². The van der Waals surface area contributed by atoms with Crippen LogP contribution in [0.25, 0.3) is 0 Å². The average molecular weight is 321 g/mol. The Labute approximate surface area is 135 Å². The maximum absolute atomic E-state index is 12.3. The van der Waals surface area contributed by atoms with Crippen LogP contribution in [-0.4, -0.2) is 54.3 Å². The molecular weight excluding hydrogens is 298 g/mol. The van der Waals surface area contributed by atoms with Gasteiger partial charge in [-0.05, 0) is 36.4 Å². The lowest BCUT2D eigenvalue weighted by Gasteiger charge is -2.28. The summed E-state index contributed by atoms with van der Waals surface area (Å²) in [5.41, 5.74) is 1.27. The molecule has 1 N–H and O–H groups in total. The van der Waals surface area contributed by atoms with E-state index in [2.05, 4.69) is 16.8 Å². The Morgan fingerprint density at radius 1 is 1.45 bits per heavy atom. The fraction of sp³-hybridized carbons (Fsp3) is 0.625. The van der Waals surface area contributed by atoms with Crippen molar-refractivity contribution in [1.29, 1.82) is 0 Å². The van der Waals surface area contributed by atoms with Gasteiger partial charge >= 0.3 is 0 Å². The third kappa shape index (κ3) is 3.33. The summed E-state index contributed by atoms with van der Waals surface area (Å²) in [7, 11) is 1.85. The standard InChI is InChI=1S/C16H23N3O2S/c1-18(13-4-7-17-10-13)15(20)2-3-16(21)19-8-5-14-12(11-19)6-9-22-14/h6,9,13,17H,2-5,7-8,10-11H2,1H3. The highest BCUT2D eigenvalue weighted by Gasteiger charge is 2.25. The molecule has 120 valence electrons. The minimum absolute atomic E-state index is 0.0790. The van der Waals surface area contributed by atoms with E-state index in [0.29, 0.717) is 19.4 Å². The molecule has 3 rings (SSSR count). The maximum atomic E-state index is 12.3. The van der Waals surface area contributed by atoms with Crippen LogP contribution >= 0.6 is 11.3 Å². The van der Waals surface area contributed by atoms with E-state index in [1.807, 2.05) is 11.9 Å². The Kier molecular flexibility index (Phi) is 4.78. The Morgan fingerprint density at radius 2 is 2.32 bits per heavy atom. The predicted octanol–water partition coefficient (Wildman–Crippen LogP) is 1.23. The molecule has 2 aliphatic rings. The van der Waals surface area contributed by atoms with Crippen molar-refractivity contribution in [3.05, 3.63) is 21.9 Å². The lowest BCUT2D eigenvalue weighted by molar-refractivity contribution is -0.137. The molecule has 0 bridgehead atoms. The predicted molar refractivity (Wildman–Crippen MR) is 86.7 cm³/mol. The summed E-state index contributed by atoms with van der Waals surface area (Å²) in [6.45, 7) is 3.32. The number of carbonyl (C=O) groups is 2. The molecule has 1 aromatic rings. The summed E-state index contributed by atoms with van der Waals surface area (Å²) in [4.78, 5) is 29.6. The molecule has 0 aliphatic carbocycles. The molecule has 0 spiro atoms. The van der Waals surface area contributed by atoms with Crippen molar-refractivity contribution >= 4 is 23.2 Å². The average Bonchev–Trinajstić information content (AvgIpc) is 3.21. The van der Waals surface area contributed by atoms with Gasteiger partial charge in [-0.2, -0.15) is 0 Å². The molecule has 1 fully saturated rings. The number of nitrogens with zero attached hydrogens (tertiary/aromatic N) is 2. The molecule has 2 amide bonds. The Morgan fingerprint density at radius 3 is 3.09 bits per heavy atom. The molecule has 1 atom stereocenters. The number of hydrogen-bond donors (Lipinski definition) is 1. The van der Waals surface area contributed by atoms with Crippen LogP contribution in [0.1, 0.15) is 29.7 Å². The molecule has 1 unspecified atom stereocenters. The number of rotatable bonds is 4. The molecule has 1 aromatic heterocycles. The third-order valence-electron chi connectivity index (χ3n) is 4.69. The number of fused-ring (bicyclic) bond motifs is 1. The first-order valence-corrected chi connectivity index (χ1v) is 8.82. The molecular formula is C16H23N3O2S. The van der Waals surface area contributed by atoms with Crippen LogP contribution in [-0.2, 0) is 22.6 Å². The topological polar surface area (TPSA) is 52.7 Å². The summed E-state index contributed by atoms with van der Waals surface area (Å²) in [5, 5.41) is 5.35. The second-order valence-corrected chi connectivity index (χ2v) is 7.09. The first-order valence-electron chi connectivity index (χ1n) is 7.94. The molecule has 22 heavy (non-hydrogen) atoms. The zero-order chi connectivity index (χ0) is 15.5. The van der Waals surface area contributed by atoms with Gasteiger partial charge in [0.25, 0.3) is 0 Å². The van der Waals surface area contributed by atoms with Gasteiger partial charge in [-0.15, -0.1) is 11.3 Å². The van der Waals surface area contributed by atoms with Crippen molar-refractivity contribution in [3.8, 4) is 0 Å². The van der Waals surface area contributed by atoms with E-state index in [0.717, 1.165) is 32.5 Å². The fourth-order valence-electron chi connectivity index (χ4n) is 3.18. The van der Waals surface area contributed by atoms with Crippen LogP contribution in [0.5, 0.6) is 0 Å². The smallest absolute Gasteiger partial charge is 0.223 e. The van der Waals surface area contributed by atoms with Crippen molar-refractivity contribution in [2.24, 2.45) is 0 Å². The minimum Gasteiger partial charge on any atom is -0.341 e. The fourth-order valence-corrected chi connectivity index (χ4v) is 4.07. The number of thiophene rings is 1. The Hall–Kier alpha value is -1.40. The normalized spacial score (nSPS) is 20.8. The van der Waals surface area contributed by atoms with Gasteiger partial charge < -0.3 is 15.1 Å². The second kappa shape index (κ2) is 6.79. The van der Waals surface area contributed by atoms with E-state index < -0.39 is 0 Å². The van der Waals surface area contributed by atoms with Crippen LogP contribution in [0.15, 0.2) is 11.4 Å². The van der Waals surface area contributed by atoms with E-state index in [9.17, 15) is 9.59 Å². The molecule has 0 aromatic carbocycles. The summed E-state index contributed by atoms with van der Waals surface area (Å²) < 4.78 is 0. The molecule has 3 heterocycles. The van der Waals surface area contributed by atoms with Gasteiger partial charge in [0.05, 0.1) is 0 Å². The number of hydrogen-bond acceptors (Lipinski definition) is 4. The van der Waals surface area contributed by atoms with Crippen LogP contribution in [0, 0.1) is 0 Å². The van der Waals surface area contributed by atoms with Gasteiger partial charge in [0, 0.05) is 50.4 Å². The zero-order valence-electron chi connectivity index (χ0n) is 13.0. The number of nitrogens with one attached hydrogen (secondary N) is 1. The highest BCUT2D eigenvalue weighted by molar-refractivity contribution is 7.10. The molecule has 2 aliphatic heterocycles. The van der Waals surface area contributed by atoms with Gasteiger partial charge in [0.2, 0.25) is 11.8 Å². The summed E-state index contributed by atoms with van der Waals surface area (Å²) in [6.07, 6.45) is 2.59. The molecule has 0 radical (unpaired) electrons. The molecule has 0 saturated carbocycles. The Balaban J connectivity index is 1.47. The first kappa shape index (κ1) is 15.5. The van der Waals surface area contributed by atoms with Crippen molar-refractivity contribution in [3.63, 3.8) is 0 Å². The minimum atomic E-state index is 0.0790. The second-order valence-electron chi connectivity index (χ2n) is 6.09. The van der Waals surface area contributed by atoms with Gasteiger partial charge in [0.15, 0.2) is 0 Å². The van der Waals surface area contributed by atoms with Gasteiger partial charge in [-0.3, -0.25) is 9.59 Å². The van der Waals surface area contributed by atoms with Gasteiger partial charge in [-0.1, -0.05) is 0 Å². The quantitative estimate of drug-likeness (QED) is 0.908. The van der Waals surface area contributed by atoms with Crippen molar-refractivity contribution in [2.75, 3.05) is 26.7 Å². The first-order chi connectivity index (χ1) is 10.6. The van der Waals surface area contributed by atoms with E-state index >= 15 is 0 Å². The van der Waals surface area contributed by atoms with Crippen LogP contribution in [0.4, 0.5) is 0 Å². The van der Waals surface area contributed by atoms with Crippen LogP contribution in [0.2, 0.25) is 0 Å². The largest absolute Gasteiger partial charge is 0.341 e. The van der Waals surface area contributed by atoms with Crippen molar-refractivity contribution in [1.82, 2.24) is 15.1 Å². The van der Waals surface area contributed by atoms with E-state index in [1.54, 1.807) is 16.2 Å². The van der Waals surface area contributed by atoms with Crippen LogP contribution < -0.4 is 5.32 Å². The monoisotopic (exact) mass is 321 g/mol. The van der Waals surface area contributed by atoms with E-state index in [4.69, 9.17) is 0 Å². The van der Waals surface area contributed by atoms with Crippen molar-refractivity contribution in [2.45, 2.75) is 38.3 Å². The van der Waals surface area contributed by atoms with E-state index in [-0.39, 0.29) is 17.9 Å². The third-order valence-corrected chi connectivity index (χ3v) is 5.71. The maximum Gasteiger partial charge on any atom is 0.223 e. The summed E-state index contributed by atoms with van der Waals surface area (Å²) >= 11 is 1.77. The number of carbonyl (C=O) groups excluding carboxylic acids is 2.